The fourth-order valence-electron chi connectivity index (χ4n) is 4.35. The average Bonchev–Trinajstić information content (AvgIpc) is 3.50. The molecule has 1 N–H and O–H groups in total. The Morgan fingerprint density at radius 2 is 1.97 bits per heavy atom. The lowest BCUT2D eigenvalue weighted by atomic mass is 10.1. The van der Waals surface area contributed by atoms with Crippen LogP contribution in [0.25, 0.3) is 10.9 Å². The summed E-state index contributed by atoms with van der Waals surface area (Å²) in [4.78, 5) is 26.9. The fourth-order valence-corrected chi connectivity index (χ4v) is 4.35. The summed E-state index contributed by atoms with van der Waals surface area (Å²) in [7, 11) is 0. The molecule has 3 aromatic rings. The Morgan fingerprint density at radius 1 is 1.10 bits per heavy atom. The van der Waals surface area contributed by atoms with Crippen molar-refractivity contribution in [1.29, 1.82) is 0 Å². The molecule has 3 heterocycles. The Bertz CT molecular complexity index is 1120. The van der Waals surface area contributed by atoms with Crippen molar-refractivity contribution in [2.45, 2.75) is 38.4 Å². The van der Waals surface area contributed by atoms with Crippen LogP contribution >= 0.6 is 0 Å². The molecular formula is C24H25N3O4. The summed E-state index contributed by atoms with van der Waals surface area (Å²) in [6.45, 7) is 2.01. The lowest BCUT2D eigenvalue weighted by molar-refractivity contribution is -0.135. The molecule has 2 aromatic carbocycles. The van der Waals surface area contributed by atoms with E-state index in [0.29, 0.717) is 37.4 Å². The number of nitrogens with one attached hydrogen (secondary N) is 1. The van der Waals surface area contributed by atoms with E-state index in [1.807, 2.05) is 30.3 Å². The van der Waals surface area contributed by atoms with E-state index in [0.717, 1.165) is 18.5 Å². The summed E-state index contributed by atoms with van der Waals surface area (Å²) in [5.74, 6) is 1.32. The number of carbonyl (C=O) groups is 2. The SMILES string of the molecule is O=C(NCCCn1ccc2ccccc21)C1CCC(=O)N1Cc1ccc2c(c1)OCO2. The van der Waals surface area contributed by atoms with Gasteiger partial charge in [0, 0.05) is 37.8 Å². The van der Waals surface area contributed by atoms with Crippen LogP contribution in [0.2, 0.25) is 0 Å². The Hall–Kier alpha value is -3.48. The van der Waals surface area contributed by atoms with Gasteiger partial charge in [0.2, 0.25) is 18.6 Å². The number of benzene rings is 2. The second-order valence-electron chi connectivity index (χ2n) is 7.98. The van der Waals surface area contributed by atoms with Crippen LogP contribution in [0.4, 0.5) is 0 Å². The first kappa shape index (κ1) is 19.5. The number of rotatable bonds is 7. The van der Waals surface area contributed by atoms with Crippen molar-refractivity contribution >= 4 is 22.7 Å². The monoisotopic (exact) mass is 419 g/mol. The number of aryl methyl sites for hydroxylation is 1. The van der Waals surface area contributed by atoms with Crippen LogP contribution in [-0.4, -0.2) is 40.7 Å². The van der Waals surface area contributed by atoms with Crippen molar-refractivity contribution in [3.8, 4) is 11.5 Å². The van der Waals surface area contributed by atoms with Crippen molar-refractivity contribution in [2.75, 3.05) is 13.3 Å². The largest absolute Gasteiger partial charge is 0.454 e. The van der Waals surface area contributed by atoms with Crippen LogP contribution in [-0.2, 0) is 22.7 Å². The van der Waals surface area contributed by atoms with Gasteiger partial charge in [-0.1, -0.05) is 24.3 Å². The van der Waals surface area contributed by atoms with E-state index in [2.05, 4.69) is 34.3 Å². The van der Waals surface area contributed by atoms with Crippen molar-refractivity contribution in [3.63, 3.8) is 0 Å². The van der Waals surface area contributed by atoms with E-state index < -0.39 is 6.04 Å². The number of para-hydroxylation sites is 1. The molecule has 31 heavy (non-hydrogen) atoms. The second kappa shape index (κ2) is 8.34. The normalized spacial score (nSPS) is 17.5. The summed E-state index contributed by atoms with van der Waals surface area (Å²) in [6, 6.07) is 15.6. The summed E-state index contributed by atoms with van der Waals surface area (Å²) in [5.41, 5.74) is 2.13. The molecule has 2 amide bonds. The lowest BCUT2D eigenvalue weighted by Gasteiger charge is -2.24. The number of hydrogen-bond donors (Lipinski definition) is 1. The molecule has 1 aromatic heterocycles. The quantitative estimate of drug-likeness (QED) is 0.598. The number of ether oxygens (including phenoxy) is 2. The van der Waals surface area contributed by atoms with Gasteiger partial charge in [-0.25, -0.2) is 0 Å². The first-order valence-corrected chi connectivity index (χ1v) is 10.7. The number of likely N-dealkylation sites (tertiary alicyclic amines) is 1. The topological polar surface area (TPSA) is 72.8 Å². The fraction of sp³-hybridized carbons (Fsp3) is 0.333. The summed E-state index contributed by atoms with van der Waals surface area (Å²) in [6.07, 6.45) is 3.86. The van der Waals surface area contributed by atoms with Crippen molar-refractivity contribution in [1.82, 2.24) is 14.8 Å². The molecule has 7 nitrogen and oxygen atoms in total. The van der Waals surface area contributed by atoms with E-state index in [1.54, 1.807) is 4.90 Å². The molecule has 1 atom stereocenters. The van der Waals surface area contributed by atoms with Crippen molar-refractivity contribution < 1.29 is 19.1 Å². The number of nitrogens with zero attached hydrogens (tertiary/aromatic N) is 2. The second-order valence-corrected chi connectivity index (χ2v) is 7.98. The minimum Gasteiger partial charge on any atom is -0.454 e. The number of fused-ring (bicyclic) bond motifs is 2. The Morgan fingerprint density at radius 3 is 2.90 bits per heavy atom. The highest BCUT2D eigenvalue weighted by molar-refractivity contribution is 5.90. The molecule has 160 valence electrons. The van der Waals surface area contributed by atoms with E-state index in [4.69, 9.17) is 9.47 Å². The third-order valence-corrected chi connectivity index (χ3v) is 5.98. The zero-order valence-electron chi connectivity index (χ0n) is 17.3. The van der Waals surface area contributed by atoms with Crippen LogP contribution in [0.3, 0.4) is 0 Å². The van der Waals surface area contributed by atoms with E-state index in [9.17, 15) is 9.59 Å². The van der Waals surface area contributed by atoms with Gasteiger partial charge in [0.1, 0.15) is 6.04 Å². The van der Waals surface area contributed by atoms with Gasteiger partial charge in [-0.05, 0) is 48.1 Å². The Labute approximate surface area is 180 Å². The smallest absolute Gasteiger partial charge is 0.242 e. The van der Waals surface area contributed by atoms with Gasteiger partial charge in [0.15, 0.2) is 11.5 Å². The van der Waals surface area contributed by atoms with Crippen LogP contribution in [0.5, 0.6) is 11.5 Å². The van der Waals surface area contributed by atoms with Gasteiger partial charge in [-0.15, -0.1) is 0 Å². The van der Waals surface area contributed by atoms with Gasteiger partial charge >= 0.3 is 0 Å². The Kier molecular flexibility index (Phi) is 5.24. The number of aromatic nitrogens is 1. The lowest BCUT2D eigenvalue weighted by Crippen LogP contribution is -2.44. The molecule has 1 saturated heterocycles. The van der Waals surface area contributed by atoms with E-state index in [1.165, 1.54) is 10.9 Å². The molecule has 1 unspecified atom stereocenters. The van der Waals surface area contributed by atoms with Crippen LogP contribution in [0.15, 0.2) is 54.7 Å². The third-order valence-electron chi connectivity index (χ3n) is 5.98. The Balaban J connectivity index is 1.16. The maximum absolute atomic E-state index is 12.8. The zero-order chi connectivity index (χ0) is 21.2. The van der Waals surface area contributed by atoms with E-state index in [-0.39, 0.29) is 18.6 Å². The van der Waals surface area contributed by atoms with Crippen LogP contribution in [0.1, 0.15) is 24.8 Å². The summed E-state index contributed by atoms with van der Waals surface area (Å²) in [5, 5.41) is 4.24. The molecule has 0 saturated carbocycles. The number of amides is 2. The molecule has 0 spiro atoms. The minimum absolute atomic E-state index is 0.0108. The molecule has 0 aliphatic carbocycles. The van der Waals surface area contributed by atoms with Gasteiger partial charge in [0.25, 0.3) is 0 Å². The average molecular weight is 419 g/mol. The predicted molar refractivity (Wildman–Crippen MR) is 116 cm³/mol. The van der Waals surface area contributed by atoms with Gasteiger partial charge in [-0.3, -0.25) is 9.59 Å². The van der Waals surface area contributed by atoms with Gasteiger partial charge < -0.3 is 24.3 Å². The first-order valence-electron chi connectivity index (χ1n) is 10.7. The molecule has 0 bridgehead atoms. The van der Waals surface area contributed by atoms with E-state index >= 15 is 0 Å². The summed E-state index contributed by atoms with van der Waals surface area (Å²) < 4.78 is 13.0. The molecule has 2 aliphatic heterocycles. The molecule has 0 radical (unpaired) electrons. The van der Waals surface area contributed by atoms with Crippen LogP contribution in [0, 0.1) is 0 Å². The highest BCUT2D eigenvalue weighted by atomic mass is 16.7. The summed E-state index contributed by atoms with van der Waals surface area (Å²) >= 11 is 0. The minimum atomic E-state index is -0.426. The highest BCUT2D eigenvalue weighted by Crippen LogP contribution is 2.33. The maximum Gasteiger partial charge on any atom is 0.242 e. The van der Waals surface area contributed by atoms with Gasteiger partial charge in [-0.2, -0.15) is 0 Å². The highest BCUT2D eigenvalue weighted by Gasteiger charge is 2.35. The van der Waals surface area contributed by atoms with Gasteiger partial charge in [0.05, 0.1) is 0 Å². The standard InChI is InChI=1S/C24H25N3O4/c28-23-9-7-20(27(23)15-17-6-8-21-22(14-17)31-16-30-21)24(29)25-11-3-12-26-13-10-18-4-1-2-5-19(18)26/h1-2,4-6,8,10,13-14,20H,3,7,9,11-12,15-16H2,(H,25,29). The molecule has 1 fully saturated rings. The predicted octanol–water partition coefficient (Wildman–Crippen LogP) is 3.07. The van der Waals surface area contributed by atoms with Crippen molar-refractivity contribution in [3.05, 3.63) is 60.3 Å². The zero-order valence-corrected chi connectivity index (χ0v) is 17.3. The molecule has 2 aliphatic rings. The molecular weight excluding hydrogens is 394 g/mol. The maximum atomic E-state index is 12.8. The number of hydrogen-bond acceptors (Lipinski definition) is 4. The third kappa shape index (κ3) is 3.95. The van der Waals surface area contributed by atoms with Crippen LogP contribution < -0.4 is 14.8 Å². The van der Waals surface area contributed by atoms with Crippen molar-refractivity contribution in [2.24, 2.45) is 0 Å². The molecule has 5 rings (SSSR count). The molecule has 7 heteroatoms. The number of carbonyl (C=O) groups excluding carboxylic acids is 2. The first-order chi connectivity index (χ1) is 15.2.